The second-order valence-corrected chi connectivity index (χ2v) is 3.91. The average Bonchev–Trinajstić information content (AvgIpc) is 2.30. The molecule has 1 heterocycles. The van der Waals surface area contributed by atoms with Crippen LogP contribution in [0.1, 0.15) is 31.4 Å². The van der Waals surface area contributed by atoms with Gasteiger partial charge < -0.3 is 5.11 Å². The van der Waals surface area contributed by atoms with E-state index in [-0.39, 0.29) is 6.61 Å². The minimum atomic E-state index is 0.106. The minimum Gasteiger partial charge on any atom is -0.392 e. The number of aromatic nitrogens is 1. The molecule has 16 heavy (non-hydrogen) atoms. The third-order valence-electron chi connectivity index (χ3n) is 2.57. The molecule has 1 atom stereocenters. The van der Waals surface area contributed by atoms with Crippen LogP contribution >= 0.6 is 0 Å². The first-order chi connectivity index (χ1) is 7.77. The van der Waals surface area contributed by atoms with Crippen LogP contribution in [-0.4, -0.2) is 16.7 Å². The van der Waals surface area contributed by atoms with Crippen molar-refractivity contribution < 1.29 is 5.11 Å². The average molecular weight is 217 g/mol. The summed E-state index contributed by atoms with van der Waals surface area (Å²) in [5, 5.41) is 8.84. The smallest absolute Gasteiger partial charge is 0.0614 e. The zero-order chi connectivity index (χ0) is 11.8. The standard InChI is InChI=1S/C14H19NO/c1-3-6-13(11-12(2)8-10-16)14-7-4-5-9-15-14/h3-5,7-9,13,16H,1,6,10-11H2,2H3/b12-8+. The molecule has 0 saturated heterocycles. The zero-order valence-electron chi connectivity index (χ0n) is 9.76. The predicted molar refractivity (Wildman–Crippen MR) is 67.3 cm³/mol. The lowest BCUT2D eigenvalue weighted by molar-refractivity contribution is 0.341. The molecule has 0 aliphatic rings. The van der Waals surface area contributed by atoms with Crippen LogP contribution in [0.15, 0.2) is 48.7 Å². The molecule has 1 N–H and O–H groups in total. The topological polar surface area (TPSA) is 33.1 Å². The van der Waals surface area contributed by atoms with E-state index in [2.05, 4.69) is 11.6 Å². The van der Waals surface area contributed by atoms with Crippen molar-refractivity contribution in [2.45, 2.75) is 25.7 Å². The summed E-state index contributed by atoms with van der Waals surface area (Å²) in [5.74, 6) is 0.362. The Hall–Kier alpha value is -1.41. The van der Waals surface area contributed by atoms with Gasteiger partial charge in [0.25, 0.3) is 0 Å². The summed E-state index contributed by atoms with van der Waals surface area (Å²) in [6, 6.07) is 5.97. The van der Waals surface area contributed by atoms with Gasteiger partial charge in [-0.2, -0.15) is 0 Å². The molecule has 1 unspecified atom stereocenters. The van der Waals surface area contributed by atoms with E-state index in [4.69, 9.17) is 5.11 Å². The number of nitrogens with zero attached hydrogens (tertiary/aromatic N) is 1. The van der Waals surface area contributed by atoms with Crippen molar-refractivity contribution in [3.63, 3.8) is 0 Å². The van der Waals surface area contributed by atoms with Crippen molar-refractivity contribution in [1.82, 2.24) is 4.98 Å². The highest BCUT2D eigenvalue weighted by Crippen LogP contribution is 2.25. The molecule has 0 spiro atoms. The van der Waals surface area contributed by atoms with E-state index >= 15 is 0 Å². The molecule has 2 nitrogen and oxygen atoms in total. The van der Waals surface area contributed by atoms with Gasteiger partial charge in [-0.05, 0) is 31.9 Å². The third kappa shape index (κ3) is 3.99. The molecule has 0 radical (unpaired) electrons. The zero-order valence-corrected chi connectivity index (χ0v) is 9.76. The largest absolute Gasteiger partial charge is 0.392 e. The van der Waals surface area contributed by atoms with Gasteiger partial charge in [0, 0.05) is 17.8 Å². The van der Waals surface area contributed by atoms with E-state index in [1.807, 2.05) is 43.5 Å². The third-order valence-corrected chi connectivity index (χ3v) is 2.57. The Morgan fingerprint density at radius 2 is 2.38 bits per heavy atom. The highest BCUT2D eigenvalue weighted by molar-refractivity contribution is 5.14. The summed E-state index contributed by atoms with van der Waals surface area (Å²) in [7, 11) is 0. The fraction of sp³-hybridized carbons (Fsp3) is 0.357. The lowest BCUT2D eigenvalue weighted by atomic mass is 9.93. The van der Waals surface area contributed by atoms with Crippen LogP contribution in [0.4, 0.5) is 0 Å². The van der Waals surface area contributed by atoms with Crippen LogP contribution in [0, 0.1) is 0 Å². The Kier molecular flexibility index (Phi) is 5.51. The molecule has 0 bridgehead atoms. The SMILES string of the molecule is C=CCC(C/C(C)=C/CO)c1ccccn1. The molecule has 1 rings (SSSR count). The maximum atomic E-state index is 8.84. The quantitative estimate of drug-likeness (QED) is 0.743. The van der Waals surface area contributed by atoms with E-state index in [9.17, 15) is 0 Å². The van der Waals surface area contributed by atoms with Gasteiger partial charge >= 0.3 is 0 Å². The minimum absolute atomic E-state index is 0.106. The molecule has 0 amide bonds. The highest BCUT2D eigenvalue weighted by atomic mass is 16.2. The molecule has 0 aliphatic carbocycles. The lowest BCUT2D eigenvalue weighted by Gasteiger charge is -2.14. The number of allylic oxidation sites excluding steroid dienone is 2. The number of rotatable bonds is 6. The van der Waals surface area contributed by atoms with Crippen LogP contribution in [-0.2, 0) is 0 Å². The molecule has 0 aromatic carbocycles. The van der Waals surface area contributed by atoms with Gasteiger partial charge in [0.05, 0.1) is 6.61 Å². The molecule has 0 aliphatic heterocycles. The van der Waals surface area contributed by atoms with Gasteiger partial charge in [-0.25, -0.2) is 0 Å². The summed E-state index contributed by atoms with van der Waals surface area (Å²) in [6.07, 6.45) is 7.42. The molecule has 0 saturated carbocycles. The van der Waals surface area contributed by atoms with Crippen LogP contribution in [0.3, 0.4) is 0 Å². The summed E-state index contributed by atoms with van der Waals surface area (Å²) in [5.41, 5.74) is 2.29. The molecule has 86 valence electrons. The second-order valence-electron chi connectivity index (χ2n) is 3.91. The van der Waals surface area contributed by atoms with E-state index in [1.165, 1.54) is 5.57 Å². The van der Waals surface area contributed by atoms with Crippen LogP contribution in [0.2, 0.25) is 0 Å². The monoisotopic (exact) mass is 217 g/mol. The summed E-state index contributed by atoms with van der Waals surface area (Å²) in [6.45, 7) is 5.93. The van der Waals surface area contributed by atoms with Gasteiger partial charge in [-0.1, -0.05) is 23.8 Å². The fourth-order valence-corrected chi connectivity index (χ4v) is 1.76. The van der Waals surface area contributed by atoms with E-state index in [0.717, 1.165) is 18.5 Å². The molecule has 0 fully saturated rings. The first kappa shape index (κ1) is 12.7. The van der Waals surface area contributed by atoms with Crippen LogP contribution < -0.4 is 0 Å². The van der Waals surface area contributed by atoms with E-state index in [1.54, 1.807) is 0 Å². The van der Waals surface area contributed by atoms with Crippen LogP contribution in [0.25, 0.3) is 0 Å². The number of aliphatic hydroxyl groups excluding tert-OH is 1. The molecular weight excluding hydrogens is 198 g/mol. The van der Waals surface area contributed by atoms with Crippen molar-refractivity contribution >= 4 is 0 Å². The molecule has 1 aromatic heterocycles. The van der Waals surface area contributed by atoms with Gasteiger partial charge in [-0.15, -0.1) is 6.58 Å². The van der Waals surface area contributed by atoms with Crippen molar-refractivity contribution in [3.05, 3.63) is 54.4 Å². The number of aliphatic hydroxyl groups is 1. The van der Waals surface area contributed by atoms with Crippen molar-refractivity contribution in [3.8, 4) is 0 Å². The summed E-state index contributed by atoms with van der Waals surface area (Å²) >= 11 is 0. The lowest BCUT2D eigenvalue weighted by Crippen LogP contribution is -2.01. The first-order valence-corrected chi connectivity index (χ1v) is 5.56. The predicted octanol–water partition coefficient (Wildman–Crippen LogP) is 3.07. The molecule has 2 heteroatoms. The Morgan fingerprint density at radius 3 is 2.94 bits per heavy atom. The summed E-state index contributed by atoms with van der Waals surface area (Å²) < 4.78 is 0. The Bertz CT molecular complexity index is 343. The second kappa shape index (κ2) is 6.96. The first-order valence-electron chi connectivity index (χ1n) is 5.56. The Balaban J connectivity index is 2.75. The number of hydrogen-bond acceptors (Lipinski definition) is 2. The Labute approximate surface area is 97.4 Å². The van der Waals surface area contributed by atoms with Crippen molar-refractivity contribution in [2.75, 3.05) is 6.61 Å². The van der Waals surface area contributed by atoms with Crippen LogP contribution in [0.5, 0.6) is 0 Å². The molecular formula is C14H19NO. The van der Waals surface area contributed by atoms with E-state index < -0.39 is 0 Å². The van der Waals surface area contributed by atoms with Gasteiger partial charge in [0.1, 0.15) is 0 Å². The maximum absolute atomic E-state index is 8.84. The van der Waals surface area contributed by atoms with Gasteiger partial charge in [0.15, 0.2) is 0 Å². The van der Waals surface area contributed by atoms with Gasteiger partial charge in [0.2, 0.25) is 0 Å². The van der Waals surface area contributed by atoms with Gasteiger partial charge in [-0.3, -0.25) is 4.98 Å². The maximum Gasteiger partial charge on any atom is 0.0614 e. The summed E-state index contributed by atoms with van der Waals surface area (Å²) in [4.78, 5) is 4.37. The normalized spacial score (nSPS) is 13.5. The number of hydrogen-bond donors (Lipinski definition) is 1. The Morgan fingerprint density at radius 1 is 1.56 bits per heavy atom. The molecule has 1 aromatic rings. The van der Waals surface area contributed by atoms with E-state index in [0.29, 0.717) is 5.92 Å². The van der Waals surface area contributed by atoms with Crippen molar-refractivity contribution in [2.24, 2.45) is 0 Å². The highest BCUT2D eigenvalue weighted by Gasteiger charge is 2.11. The fourth-order valence-electron chi connectivity index (χ4n) is 1.76. The number of pyridine rings is 1. The van der Waals surface area contributed by atoms with Crippen molar-refractivity contribution in [1.29, 1.82) is 0 Å².